The molecule has 0 aliphatic carbocycles. The van der Waals surface area contributed by atoms with Crippen LogP contribution in [0.25, 0.3) is 0 Å². The predicted molar refractivity (Wildman–Crippen MR) is 64.6 cm³/mol. The molecule has 1 unspecified atom stereocenters. The van der Waals surface area contributed by atoms with E-state index in [1.54, 1.807) is 18.2 Å². The molecule has 1 aromatic carbocycles. The first-order valence-corrected chi connectivity index (χ1v) is 5.92. The lowest BCUT2D eigenvalue weighted by molar-refractivity contribution is 0.0959. The number of nitrogens with two attached hydrogens (primary N) is 1. The van der Waals surface area contributed by atoms with Gasteiger partial charge in [-0.05, 0) is 24.6 Å². The van der Waals surface area contributed by atoms with E-state index in [-0.39, 0.29) is 5.78 Å². The summed E-state index contributed by atoms with van der Waals surface area (Å²) in [5, 5.41) is 0. The first kappa shape index (κ1) is 11.9. The minimum Gasteiger partial charge on any atom is -0.490 e. The van der Waals surface area contributed by atoms with Crippen molar-refractivity contribution in [1.29, 1.82) is 0 Å². The average Bonchev–Trinajstić information content (AvgIpc) is 2.61. The predicted octanol–water partition coefficient (Wildman–Crippen LogP) is 1.77. The number of benzene rings is 1. The van der Waals surface area contributed by atoms with Gasteiger partial charge in [0.1, 0.15) is 0 Å². The highest BCUT2D eigenvalue weighted by atomic mass is 16.5. The van der Waals surface area contributed by atoms with E-state index in [9.17, 15) is 4.79 Å². The topological polar surface area (TPSA) is 61.6 Å². The first-order valence-electron chi connectivity index (χ1n) is 5.92. The van der Waals surface area contributed by atoms with E-state index in [0.717, 1.165) is 6.42 Å². The van der Waals surface area contributed by atoms with E-state index in [1.165, 1.54) is 0 Å². The Kier molecular flexibility index (Phi) is 3.64. The number of carbonyl (C=O) groups excluding carboxylic acids is 1. The van der Waals surface area contributed by atoms with Crippen LogP contribution in [0.15, 0.2) is 18.2 Å². The van der Waals surface area contributed by atoms with Crippen LogP contribution < -0.4 is 15.2 Å². The fourth-order valence-electron chi connectivity index (χ4n) is 1.72. The summed E-state index contributed by atoms with van der Waals surface area (Å²) in [4.78, 5) is 11.9. The number of rotatable bonds is 3. The second-order valence-electron chi connectivity index (χ2n) is 4.09. The molecule has 1 aromatic rings. The summed E-state index contributed by atoms with van der Waals surface area (Å²) in [6.07, 6.45) is 1.49. The third kappa shape index (κ3) is 2.58. The van der Waals surface area contributed by atoms with E-state index < -0.39 is 6.04 Å². The first-order chi connectivity index (χ1) is 8.22. The van der Waals surface area contributed by atoms with E-state index in [1.807, 2.05) is 6.92 Å². The normalized spacial score (nSPS) is 16.1. The van der Waals surface area contributed by atoms with Gasteiger partial charge in [-0.15, -0.1) is 0 Å². The molecule has 0 spiro atoms. The van der Waals surface area contributed by atoms with Crippen molar-refractivity contribution >= 4 is 5.78 Å². The van der Waals surface area contributed by atoms with Crippen molar-refractivity contribution in [3.8, 4) is 11.5 Å². The number of ether oxygens (including phenoxy) is 2. The lowest BCUT2D eigenvalue weighted by Crippen LogP contribution is -2.29. The molecule has 0 bridgehead atoms. The quantitative estimate of drug-likeness (QED) is 0.811. The van der Waals surface area contributed by atoms with Crippen LogP contribution in [0.1, 0.15) is 30.1 Å². The summed E-state index contributed by atoms with van der Waals surface area (Å²) < 4.78 is 11.0. The van der Waals surface area contributed by atoms with Crippen LogP contribution in [0.4, 0.5) is 0 Å². The van der Waals surface area contributed by atoms with Gasteiger partial charge in [0, 0.05) is 12.0 Å². The van der Waals surface area contributed by atoms with Crippen molar-refractivity contribution < 1.29 is 14.3 Å². The van der Waals surface area contributed by atoms with Crippen molar-refractivity contribution in [2.45, 2.75) is 25.8 Å². The Hall–Kier alpha value is -1.55. The summed E-state index contributed by atoms with van der Waals surface area (Å²) in [6.45, 7) is 3.16. The number of ketones is 1. The van der Waals surface area contributed by atoms with Gasteiger partial charge in [0.25, 0.3) is 0 Å². The zero-order valence-electron chi connectivity index (χ0n) is 9.94. The van der Waals surface area contributed by atoms with E-state index in [2.05, 4.69) is 0 Å². The molecule has 2 N–H and O–H groups in total. The van der Waals surface area contributed by atoms with Gasteiger partial charge in [-0.3, -0.25) is 4.79 Å². The molecule has 4 heteroatoms. The van der Waals surface area contributed by atoms with Crippen LogP contribution in [0.3, 0.4) is 0 Å². The van der Waals surface area contributed by atoms with Gasteiger partial charge in [-0.1, -0.05) is 6.92 Å². The van der Waals surface area contributed by atoms with Crippen molar-refractivity contribution in [2.24, 2.45) is 5.73 Å². The largest absolute Gasteiger partial charge is 0.490 e. The molecule has 1 heterocycles. The van der Waals surface area contributed by atoms with Gasteiger partial charge in [-0.25, -0.2) is 0 Å². The minimum atomic E-state index is -0.445. The standard InChI is InChI=1S/C13H17NO3/c1-2-10(14)13(15)9-4-5-11-12(8-9)17-7-3-6-16-11/h4-5,8,10H,2-3,6-7,14H2,1H3. The molecule has 0 fully saturated rings. The molecule has 0 aromatic heterocycles. The molecule has 1 aliphatic heterocycles. The SMILES string of the molecule is CCC(N)C(=O)c1ccc2c(c1)OCCCO2. The highest BCUT2D eigenvalue weighted by molar-refractivity contribution is 6.00. The summed E-state index contributed by atoms with van der Waals surface area (Å²) in [6, 6.07) is 4.79. The fourth-order valence-corrected chi connectivity index (χ4v) is 1.72. The molecular formula is C13H17NO3. The Bertz CT molecular complexity index is 417. The van der Waals surface area contributed by atoms with Crippen molar-refractivity contribution in [3.05, 3.63) is 23.8 Å². The lowest BCUT2D eigenvalue weighted by Gasteiger charge is -2.11. The van der Waals surface area contributed by atoms with Crippen LogP contribution in [0.2, 0.25) is 0 Å². The molecule has 2 rings (SSSR count). The Morgan fingerprint density at radius 1 is 1.35 bits per heavy atom. The Morgan fingerprint density at radius 2 is 2.06 bits per heavy atom. The maximum Gasteiger partial charge on any atom is 0.179 e. The van der Waals surface area contributed by atoms with Gasteiger partial charge in [0.2, 0.25) is 0 Å². The molecule has 0 saturated heterocycles. The summed E-state index contributed by atoms with van der Waals surface area (Å²) in [5.74, 6) is 1.28. The number of Topliss-reactive ketones (excluding diaryl/α,β-unsaturated/α-hetero) is 1. The molecular weight excluding hydrogens is 218 g/mol. The number of carbonyl (C=O) groups is 1. The van der Waals surface area contributed by atoms with Gasteiger partial charge >= 0.3 is 0 Å². The number of hydrogen-bond acceptors (Lipinski definition) is 4. The zero-order chi connectivity index (χ0) is 12.3. The Morgan fingerprint density at radius 3 is 2.76 bits per heavy atom. The average molecular weight is 235 g/mol. The number of hydrogen-bond donors (Lipinski definition) is 1. The molecule has 17 heavy (non-hydrogen) atoms. The third-order valence-electron chi connectivity index (χ3n) is 2.81. The van der Waals surface area contributed by atoms with Crippen LogP contribution in [0, 0.1) is 0 Å². The van der Waals surface area contributed by atoms with Crippen molar-refractivity contribution in [1.82, 2.24) is 0 Å². The van der Waals surface area contributed by atoms with Crippen LogP contribution in [-0.2, 0) is 0 Å². The summed E-state index contributed by atoms with van der Waals surface area (Å²) in [7, 11) is 0. The lowest BCUT2D eigenvalue weighted by atomic mass is 10.0. The van der Waals surface area contributed by atoms with Gasteiger partial charge < -0.3 is 15.2 Å². The molecule has 1 atom stereocenters. The van der Waals surface area contributed by atoms with Crippen LogP contribution >= 0.6 is 0 Å². The Balaban J connectivity index is 2.26. The number of fused-ring (bicyclic) bond motifs is 1. The Labute approximate surface area is 101 Å². The van der Waals surface area contributed by atoms with Crippen molar-refractivity contribution in [3.63, 3.8) is 0 Å². The minimum absolute atomic E-state index is 0.0526. The highest BCUT2D eigenvalue weighted by Crippen LogP contribution is 2.30. The molecule has 1 aliphatic rings. The van der Waals surface area contributed by atoms with E-state index in [4.69, 9.17) is 15.2 Å². The van der Waals surface area contributed by atoms with Gasteiger partial charge in [0.05, 0.1) is 19.3 Å². The van der Waals surface area contributed by atoms with Gasteiger partial charge in [0.15, 0.2) is 17.3 Å². The monoisotopic (exact) mass is 235 g/mol. The maximum absolute atomic E-state index is 11.9. The van der Waals surface area contributed by atoms with E-state index >= 15 is 0 Å². The van der Waals surface area contributed by atoms with Crippen LogP contribution in [0.5, 0.6) is 11.5 Å². The molecule has 92 valence electrons. The summed E-state index contributed by atoms with van der Waals surface area (Å²) in [5.41, 5.74) is 6.32. The van der Waals surface area contributed by atoms with Crippen LogP contribution in [-0.4, -0.2) is 25.0 Å². The zero-order valence-corrected chi connectivity index (χ0v) is 9.94. The fraction of sp³-hybridized carbons (Fsp3) is 0.462. The second kappa shape index (κ2) is 5.19. The molecule has 0 saturated carbocycles. The van der Waals surface area contributed by atoms with Gasteiger partial charge in [-0.2, -0.15) is 0 Å². The summed E-state index contributed by atoms with van der Waals surface area (Å²) >= 11 is 0. The molecule has 4 nitrogen and oxygen atoms in total. The molecule has 0 radical (unpaired) electrons. The second-order valence-corrected chi connectivity index (χ2v) is 4.09. The van der Waals surface area contributed by atoms with E-state index in [0.29, 0.717) is 36.7 Å². The highest BCUT2D eigenvalue weighted by Gasteiger charge is 2.17. The maximum atomic E-state index is 11.9. The molecule has 0 amide bonds. The van der Waals surface area contributed by atoms with Crippen molar-refractivity contribution in [2.75, 3.05) is 13.2 Å². The third-order valence-corrected chi connectivity index (χ3v) is 2.81. The smallest absolute Gasteiger partial charge is 0.179 e.